The van der Waals surface area contributed by atoms with Crippen LogP contribution in [-0.2, 0) is 9.53 Å². The Hall–Kier alpha value is -1.39. The van der Waals surface area contributed by atoms with Crippen molar-refractivity contribution in [2.75, 3.05) is 26.2 Å². The molecule has 1 heterocycles. The van der Waals surface area contributed by atoms with Crippen LogP contribution in [0.1, 0.15) is 25.0 Å². The molecule has 110 valence electrons. The average Bonchev–Trinajstić information content (AvgIpc) is 2.33. The molecule has 1 fully saturated rings. The first kappa shape index (κ1) is 15.0. The van der Waals surface area contributed by atoms with Crippen LogP contribution >= 0.6 is 0 Å². The van der Waals surface area contributed by atoms with Crippen LogP contribution in [0, 0.1) is 13.8 Å². The molecule has 4 nitrogen and oxygen atoms in total. The van der Waals surface area contributed by atoms with Gasteiger partial charge in [0.05, 0.1) is 18.8 Å². The van der Waals surface area contributed by atoms with Gasteiger partial charge in [-0.3, -0.25) is 9.69 Å². The molecular weight excluding hydrogens is 254 g/mol. The summed E-state index contributed by atoms with van der Waals surface area (Å²) >= 11 is 0. The van der Waals surface area contributed by atoms with Crippen molar-refractivity contribution in [2.45, 2.75) is 33.3 Å². The summed E-state index contributed by atoms with van der Waals surface area (Å²) < 4.78 is 11.2. The van der Waals surface area contributed by atoms with Crippen LogP contribution in [0.5, 0.6) is 5.75 Å². The van der Waals surface area contributed by atoms with E-state index in [-0.39, 0.29) is 11.6 Å². The Kier molecular flexibility index (Phi) is 4.45. The van der Waals surface area contributed by atoms with E-state index in [0.29, 0.717) is 18.9 Å². The molecule has 1 aliphatic heterocycles. The predicted molar refractivity (Wildman–Crippen MR) is 78.0 cm³/mol. The van der Waals surface area contributed by atoms with Crippen LogP contribution in [-0.4, -0.2) is 42.7 Å². The highest BCUT2D eigenvalue weighted by Crippen LogP contribution is 2.23. The molecule has 0 amide bonds. The van der Waals surface area contributed by atoms with E-state index in [4.69, 9.17) is 9.47 Å². The summed E-state index contributed by atoms with van der Waals surface area (Å²) in [5.74, 6) is 0.477. The van der Waals surface area contributed by atoms with Crippen LogP contribution in [0.2, 0.25) is 0 Å². The highest BCUT2D eigenvalue weighted by Gasteiger charge is 2.28. The van der Waals surface area contributed by atoms with Gasteiger partial charge in [0.15, 0.2) is 0 Å². The highest BCUT2D eigenvalue weighted by molar-refractivity contribution is 5.75. The third-order valence-corrected chi connectivity index (χ3v) is 3.48. The van der Waals surface area contributed by atoms with Crippen LogP contribution in [0.3, 0.4) is 0 Å². The van der Waals surface area contributed by atoms with E-state index >= 15 is 0 Å². The van der Waals surface area contributed by atoms with E-state index in [1.165, 1.54) is 0 Å². The van der Waals surface area contributed by atoms with Gasteiger partial charge in [0.25, 0.3) is 0 Å². The minimum absolute atomic E-state index is 0.197. The van der Waals surface area contributed by atoms with Crippen LogP contribution < -0.4 is 4.74 Å². The molecule has 0 bridgehead atoms. The summed E-state index contributed by atoms with van der Waals surface area (Å²) in [6, 6.07) is 5.87. The fraction of sp³-hybridized carbons (Fsp3) is 0.562. The summed E-state index contributed by atoms with van der Waals surface area (Å²) in [6.07, 6.45) is 0. The zero-order valence-electron chi connectivity index (χ0n) is 12.7. The molecule has 1 aromatic carbocycles. The summed E-state index contributed by atoms with van der Waals surface area (Å²) in [5.41, 5.74) is 1.78. The van der Waals surface area contributed by atoms with Gasteiger partial charge < -0.3 is 9.47 Å². The number of rotatable bonds is 3. The average molecular weight is 277 g/mol. The molecule has 0 unspecified atom stereocenters. The van der Waals surface area contributed by atoms with E-state index in [0.717, 1.165) is 24.2 Å². The number of carbonyl (C=O) groups excluding carboxylic acids is 1. The maximum absolute atomic E-state index is 12.1. The van der Waals surface area contributed by atoms with E-state index in [2.05, 4.69) is 4.90 Å². The van der Waals surface area contributed by atoms with Crippen molar-refractivity contribution in [2.24, 2.45) is 0 Å². The maximum atomic E-state index is 12.1. The summed E-state index contributed by atoms with van der Waals surface area (Å²) in [6.45, 7) is 10.5. The Morgan fingerprint density at radius 1 is 1.35 bits per heavy atom. The second-order valence-electron chi connectivity index (χ2n) is 6.01. The quantitative estimate of drug-likeness (QED) is 0.628. The van der Waals surface area contributed by atoms with E-state index in [9.17, 15) is 4.79 Å². The number of ether oxygens (including phenoxy) is 2. The first-order valence-electron chi connectivity index (χ1n) is 7.00. The molecule has 4 heteroatoms. The van der Waals surface area contributed by atoms with Gasteiger partial charge in [-0.15, -0.1) is 0 Å². The van der Waals surface area contributed by atoms with Crippen molar-refractivity contribution in [3.8, 4) is 5.75 Å². The van der Waals surface area contributed by atoms with Crippen LogP contribution in [0.4, 0.5) is 0 Å². The molecule has 0 aromatic heterocycles. The number of para-hydroxylation sites is 1. The number of hydrogen-bond donors (Lipinski definition) is 0. The highest BCUT2D eigenvalue weighted by atomic mass is 16.5. The first-order chi connectivity index (χ1) is 9.37. The smallest absolute Gasteiger partial charge is 0.325 e. The largest absolute Gasteiger partial charge is 0.425 e. The maximum Gasteiger partial charge on any atom is 0.325 e. The predicted octanol–water partition coefficient (Wildman–Crippen LogP) is 2.32. The zero-order chi connectivity index (χ0) is 14.8. The Morgan fingerprint density at radius 3 is 2.60 bits per heavy atom. The van der Waals surface area contributed by atoms with Crippen molar-refractivity contribution in [1.82, 2.24) is 4.90 Å². The third-order valence-electron chi connectivity index (χ3n) is 3.48. The van der Waals surface area contributed by atoms with Crippen molar-refractivity contribution in [1.29, 1.82) is 0 Å². The Morgan fingerprint density at radius 2 is 2.00 bits per heavy atom. The molecule has 0 aliphatic carbocycles. The van der Waals surface area contributed by atoms with Gasteiger partial charge in [0, 0.05) is 13.1 Å². The van der Waals surface area contributed by atoms with Crippen molar-refractivity contribution < 1.29 is 14.3 Å². The van der Waals surface area contributed by atoms with Gasteiger partial charge >= 0.3 is 5.97 Å². The Bertz CT molecular complexity index is 476. The van der Waals surface area contributed by atoms with E-state index < -0.39 is 0 Å². The third kappa shape index (κ3) is 3.81. The van der Waals surface area contributed by atoms with Gasteiger partial charge in [0.2, 0.25) is 0 Å². The molecular formula is C16H23NO3. The van der Waals surface area contributed by atoms with Crippen molar-refractivity contribution in [3.05, 3.63) is 29.3 Å². The summed E-state index contributed by atoms with van der Waals surface area (Å²) in [7, 11) is 0. The lowest BCUT2D eigenvalue weighted by Gasteiger charge is -2.37. The minimum Gasteiger partial charge on any atom is -0.425 e. The van der Waals surface area contributed by atoms with Gasteiger partial charge in [-0.25, -0.2) is 0 Å². The molecule has 20 heavy (non-hydrogen) atoms. The second kappa shape index (κ2) is 5.94. The molecule has 0 saturated carbocycles. The number of morpholine rings is 1. The van der Waals surface area contributed by atoms with Crippen LogP contribution in [0.25, 0.3) is 0 Å². The Labute approximate surface area is 120 Å². The van der Waals surface area contributed by atoms with Gasteiger partial charge in [-0.2, -0.15) is 0 Å². The molecule has 1 aliphatic rings. The summed E-state index contributed by atoms with van der Waals surface area (Å²) in [5, 5.41) is 0. The number of aryl methyl sites for hydroxylation is 2. The number of carbonyl (C=O) groups is 1. The van der Waals surface area contributed by atoms with Gasteiger partial charge in [0.1, 0.15) is 5.75 Å². The number of hydrogen-bond acceptors (Lipinski definition) is 4. The van der Waals surface area contributed by atoms with Gasteiger partial charge in [-0.1, -0.05) is 18.2 Å². The van der Waals surface area contributed by atoms with E-state index in [1.54, 1.807) is 0 Å². The molecule has 0 spiro atoms. The lowest BCUT2D eigenvalue weighted by Crippen LogP contribution is -2.50. The molecule has 1 aromatic rings. The van der Waals surface area contributed by atoms with Crippen LogP contribution in [0.15, 0.2) is 18.2 Å². The number of benzene rings is 1. The SMILES string of the molecule is Cc1cccc(C)c1OC(=O)CN1CCOC(C)(C)C1. The number of nitrogens with zero attached hydrogens (tertiary/aromatic N) is 1. The fourth-order valence-corrected chi connectivity index (χ4v) is 2.54. The fourth-order valence-electron chi connectivity index (χ4n) is 2.54. The summed E-state index contributed by atoms with van der Waals surface area (Å²) in [4.78, 5) is 14.2. The molecule has 0 atom stereocenters. The van der Waals surface area contributed by atoms with E-state index in [1.807, 2.05) is 45.9 Å². The topological polar surface area (TPSA) is 38.8 Å². The normalized spacial score (nSPS) is 18.8. The molecule has 0 N–H and O–H groups in total. The zero-order valence-corrected chi connectivity index (χ0v) is 12.7. The van der Waals surface area contributed by atoms with Crippen molar-refractivity contribution in [3.63, 3.8) is 0 Å². The minimum atomic E-state index is -0.208. The van der Waals surface area contributed by atoms with Gasteiger partial charge in [-0.05, 0) is 38.8 Å². The lowest BCUT2D eigenvalue weighted by atomic mass is 10.1. The standard InChI is InChI=1S/C16H23NO3/c1-12-6-5-7-13(2)15(12)20-14(18)10-17-8-9-19-16(3,4)11-17/h5-7H,8-11H2,1-4H3. The second-order valence-corrected chi connectivity index (χ2v) is 6.01. The lowest BCUT2D eigenvalue weighted by molar-refractivity contribution is -0.140. The number of esters is 1. The first-order valence-corrected chi connectivity index (χ1v) is 7.00. The monoisotopic (exact) mass is 277 g/mol. The molecule has 0 radical (unpaired) electrons. The molecule has 2 rings (SSSR count). The van der Waals surface area contributed by atoms with Crippen molar-refractivity contribution >= 4 is 5.97 Å². The molecule has 1 saturated heterocycles. The Balaban J connectivity index is 1.96.